The van der Waals surface area contributed by atoms with Crippen LogP contribution >= 0.6 is 27.5 Å². The van der Waals surface area contributed by atoms with Crippen LogP contribution in [0.5, 0.6) is 0 Å². The van der Waals surface area contributed by atoms with Crippen molar-refractivity contribution in [2.24, 2.45) is 0 Å². The molecule has 0 saturated heterocycles. The molecule has 1 heterocycles. The van der Waals surface area contributed by atoms with Gasteiger partial charge in [0.2, 0.25) is 0 Å². The number of anilines is 1. The number of fused-ring (bicyclic) bond motifs is 1. The highest BCUT2D eigenvalue weighted by Gasteiger charge is 2.05. The van der Waals surface area contributed by atoms with Gasteiger partial charge in [0.05, 0.1) is 5.52 Å². The Hall–Kier alpha value is -1.58. The van der Waals surface area contributed by atoms with Crippen molar-refractivity contribution >= 4 is 44.1 Å². The van der Waals surface area contributed by atoms with Crippen molar-refractivity contribution in [2.45, 2.75) is 13.5 Å². The predicted molar refractivity (Wildman–Crippen MR) is 93.0 cm³/mol. The lowest BCUT2D eigenvalue weighted by Gasteiger charge is -2.12. The molecule has 0 fully saturated rings. The Bertz CT molecular complexity index is 802. The second-order valence-corrected chi connectivity index (χ2v) is 6.24. The summed E-state index contributed by atoms with van der Waals surface area (Å²) in [6, 6.07) is 14.1. The first-order valence-electron chi connectivity index (χ1n) is 6.67. The van der Waals surface area contributed by atoms with Gasteiger partial charge in [0, 0.05) is 33.3 Å². The van der Waals surface area contributed by atoms with Gasteiger partial charge in [-0.1, -0.05) is 39.7 Å². The van der Waals surface area contributed by atoms with Crippen molar-refractivity contribution in [3.8, 4) is 0 Å². The van der Waals surface area contributed by atoms with Crippen molar-refractivity contribution < 1.29 is 0 Å². The minimum Gasteiger partial charge on any atom is -0.380 e. The number of hydrogen-bond acceptors (Lipinski definition) is 2. The molecule has 0 aliphatic rings. The molecule has 0 amide bonds. The van der Waals surface area contributed by atoms with Gasteiger partial charge < -0.3 is 5.32 Å². The highest BCUT2D eigenvalue weighted by Crippen LogP contribution is 2.26. The maximum absolute atomic E-state index is 6.26. The Morgan fingerprint density at radius 3 is 2.86 bits per heavy atom. The van der Waals surface area contributed by atoms with E-state index in [4.69, 9.17) is 11.6 Å². The average Bonchev–Trinajstić information content (AvgIpc) is 2.48. The smallest absolute Gasteiger partial charge is 0.0751 e. The van der Waals surface area contributed by atoms with Gasteiger partial charge >= 0.3 is 0 Å². The molecule has 3 rings (SSSR count). The van der Waals surface area contributed by atoms with Crippen LogP contribution in [-0.4, -0.2) is 4.98 Å². The molecule has 0 unspecified atom stereocenters. The van der Waals surface area contributed by atoms with Crippen LogP contribution in [0, 0.1) is 6.92 Å². The van der Waals surface area contributed by atoms with Crippen LogP contribution in [0.3, 0.4) is 0 Å². The maximum atomic E-state index is 6.26. The largest absolute Gasteiger partial charge is 0.380 e. The molecule has 0 atom stereocenters. The molecule has 2 aromatic carbocycles. The van der Waals surface area contributed by atoms with Gasteiger partial charge in [-0.25, -0.2) is 0 Å². The molecule has 1 aromatic heterocycles. The van der Waals surface area contributed by atoms with Crippen LogP contribution in [0.15, 0.2) is 53.1 Å². The van der Waals surface area contributed by atoms with E-state index in [2.05, 4.69) is 51.4 Å². The van der Waals surface area contributed by atoms with Gasteiger partial charge in [0.15, 0.2) is 0 Å². The van der Waals surface area contributed by atoms with Crippen molar-refractivity contribution in [1.82, 2.24) is 4.98 Å². The first-order valence-corrected chi connectivity index (χ1v) is 7.84. The number of aryl methyl sites for hydroxylation is 1. The molecular formula is C17H14BrClN2. The van der Waals surface area contributed by atoms with Crippen LogP contribution < -0.4 is 5.32 Å². The second kappa shape index (κ2) is 6.04. The Morgan fingerprint density at radius 1 is 1.19 bits per heavy atom. The second-order valence-electron chi connectivity index (χ2n) is 4.92. The molecule has 0 spiro atoms. The normalized spacial score (nSPS) is 10.8. The van der Waals surface area contributed by atoms with Crippen molar-refractivity contribution in [3.05, 3.63) is 69.3 Å². The maximum Gasteiger partial charge on any atom is 0.0751 e. The zero-order chi connectivity index (χ0) is 14.8. The molecule has 0 bridgehead atoms. The fraction of sp³-hybridized carbons (Fsp3) is 0.118. The minimum atomic E-state index is 0.680. The van der Waals surface area contributed by atoms with Gasteiger partial charge in [-0.2, -0.15) is 0 Å². The molecule has 2 nitrogen and oxygen atoms in total. The zero-order valence-corrected chi connectivity index (χ0v) is 13.9. The summed E-state index contributed by atoms with van der Waals surface area (Å²) in [7, 11) is 0. The predicted octanol–water partition coefficient (Wildman–Crippen LogP) is 5.57. The van der Waals surface area contributed by atoms with Gasteiger partial charge in [-0.05, 0) is 48.4 Å². The number of hydrogen-bond donors (Lipinski definition) is 1. The van der Waals surface area contributed by atoms with Gasteiger partial charge in [0.1, 0.15) is 0 Å². The molecule has 3 aromatic rings. The molecule has 0 radical (unpaired) electrons. The lowest BCUT2D eigenvalue weighted by molar-refractivity contribution is 1.15. The summed E-state index contributed by atoms with van der Waals surface area (Å²) in [5, 5.41) is 5.34. The monoisotopic (exact) mass is 360 g/mol. The van der Waals surface area contributed by atoms with Crippen LogP contribution in [0.1, 0.15) is 11.1 Å². The summed E-state index contributed by atoms with van der Waals surface area (Å²) >= 11 is 9.68. The van der Waals surface area contributed by atoms with E-state index in [9.17, 15) is 0 Å². The highest BCUT2D eigenvalue weighted by atomic mass is 79.9. The number of nitrogens with one attached hydrogen (secondary N) is 1. The van der Waals surface area contributed by atoms with E-state index in [1.54, 1.807) is 0 Å². The lowest BCUT2D eigenvalue weighted by Crippen LogP contribution is -2.01. The van der Waals surface area contributed by atoms with Crippen molar-refractivity contribution in [1.29, 1.82) is 0 Å². The van der Waals surface area contributed by atoms with Crippen LogP contribution in [0.2, 0.25) is 5.02 Å². The summed E-state index contributed by atoms with van der Waals surface area (Å²) in [5.41, 5.74) is 4.35. The first kappa shape index (κ1) is 14.4. The Balaban J connectivity index is 1.90. The van der Waals surface area contributed by atoms with Gasteiger partial charge in [0.25, 0.3) is 0 Å². The fourth-order valence-corrected chi connectivity index (χ4v) is 3.06. The van der Waals surface area contributed by atoms with Crippen molar-refractivity contribution in [3.63, 3.8) is 0 Å². The van der Waals surface area contributed by atoms with E-state index in [1.165, 1.54) is 5.56 Å². The van der Waals surface area contributed by atoms with Crippen LogP contribution in [0.25, 0.3) is 10.9 Å². The number of nitrogens with zero attached hydrogens (tertiary/aromatic N) is 1. The summed E-state index contributed by atoms with van der Waals surface area (Å²) in [4.78, 5) is 4.45. The number of halogens is 2. The topological polar surface area (TPSA) is 24.9 Å². The molecular weight excluding hydrogens is 348 g/mol. The molecule has 0 aliphatic heterocycles. The summed E-state index contributed by atoms with van der Waals surface area (Å²) in [5.74, 6) is 0. The number of aromatic nitrogens is 1. The molecule has 0 saturated carbocycles. The fourth-order valence-electron chi connectivity index (χ4n) is 2.32. The Labute approximate surface area is 137 Å². The standard InChI is InChI=1S/C17H14BrClN2/c1-11-4-7-16(14-3-2-8-20-17(11)14)21-10-12-5-6-13(18)9-15(12)19/h2-9,21H,10H2,1H3. The molecule has 0 aliphatic carbocycles. The van der Waals surface area contributed by atoms with E-state index in [1.807, 2.05) is 30.5 Å². The molecule has 1 N–H and O–H groups in total. The van der Waals surface area contributed by atoms with Gasteiger partial charge in [-0.15, -0.1) is 0 Å². The lowest BCUT2D eigenvalue weighted by atomic mass is 10.1. The number of rotatable bonds is 3. The Kier molecular flexibility index (Phi) is 4.13. The van der Waals surface area contributed by atoms with Gasteiger partial charge in [-0.3, -0.25) is 4.98 Å². The van der Waals surface area contributed by atoms with E-state index in [0.29, 0.717) is 6.54 Å². The van der Waals surface area contributed by atoms with Crippen molar-refractivity contribution in [2.75, 3.05) is 5.32 Å². The molecule has 4 heteroatoms. The SMILES string of the molecule is Cc1ccc(NCc2ccc(Br)cc2Cl)c2cccnc12. The summed E-state index contributed by atoms with van der Waals surface area (Å²) < 4.78 is 0.987. The quantitative estimate of drug-likeness (QED) is 0.659. The minimum absolute atomic E-state index is 0.680. The number of benzene rings is 2. The highest BCUT2D eigenvalue weighted by molar-refractivity contribution is 9.10. The van der Waals surface area contributed by atoms with Crippen LogP contribution in [-0.2, 0) is 6.54 Å². The van der Waals surface area contributed by atoms with E-state index in [-0.39, 0.29) is 0 Å². The third-order valence-corrected chi connectivity index (χ3v) is 4.30. The van der Waals surface area contributed by atoms with E-state index >= 15 is 0 Å². The molecule has 106 valence electrons. The molecule has 21 heavy (non-hydrogen) atoms. The average molecular weight is 362 g/mol. The summed E-state index contributed by atoms with van der Waals surface area (Å²) in [6.07, 6.45) is 1.82. The van der Waals surface area contributed by atoms with Crippen LogP contribution in [0.4, 0.5) is 5.69 Å². The van der Waals surface area contributed by atoms with E-state index in [0.717, 1.165) is 31.6 Å². The zero-order valence-electron chi connectivity index (χ0n) is 11.5. The number of pyridine rings is 1. The van der Waals surface area contributed by atoms with E-state index < -0.39 is 0 Å². The third kappa shape index (κ3) is 3.04. The third-order valence-electron chi connectivity index (χ3n) is 3.46. The Morgan fingerprint density at radius 2 is 2.05 bits per heavy atom. The summed E-state index contributed by atoms with van der Waals surface area (Å²) in [6.45, 7) is 2.75. The first-order chi connectivity index (χ1) is 10.1.